The van der Waals surface area contributed by atoms with Crippen molar-refractivity contribution in [2.75, 3.05) is 0 Å². The first kappa shape index (κ1) is 15.2. The number of oxime groups is 1. The van der Waals surface area contributed by atoms with Crippen molar-refractivity contribution < 1.29 is 9.76 Å². The third kappa shape index (κ3) is 3.67. The molecule has 0 saturated heterocycles. The fraction of sp³-hybridized carbons (Fsp3) is 0.125. The van der Waals surface area contributed by atoms with Crippen LogP contribution in [0.3, 0.4) is 0 Å². The molecule has 6 nitrogen and oxygen atoms in total. The number of hydrogen-bond acceptors (Lipinski definition) is 5. The van der Waals surface area contributed by atoms with Gasteiger partial charge in [-0.15, -0.1) is 0 Å². The molecule has 0 aromatic heterocycles. The first-order valence-electron chi connectivity index (χ1n) is 6.50. The van der Waals surface area contributed by atoms with Crippen LogP contribution in [0, 0.1) is 28.4 Å². The van der Waals surface area contributed by atoms with Gasteiger partial charge in [-0.25, -0.2) is 0 Å². The van der Waals surface area contributed by atoms with E-state index in [0.29, 0.717) is 16.7 Å². The fourth-order valence-electron chi connectivity index (χ4n) is 1.86. The quantitative estimate of drug-likeness (QED) is 0.481. The van der Waals surface area contributed by atoms with Crippen LogP contribution in [-0.4, -0.2) is 11.1 Å². The molecule has 0 saturated carbocycles. The average molecular weight is 295 g/mol. The zero-order valence-electron chi connectivity index (χ0n) is 11.9. The largest absolute Gasteiger partial charge is 0.391 e. The summed E-state index contributed by atoms with van der Waals surface area (Å²) in [5.74, 6) is 0. The van der Waals surface area contributed by atoms with Crippen LogP contribution in [0.2, 0.25) is 0 Å². The minimum atomic E-state index is -0.434. The predicted molar refractivity (Wildman–Crippen MR) is 81.4 cm³/mol. The summed E-state index contributed by atoms with van der Waals surface area (Å²) in [5.41, 5.74) is 2.47. The molecule has 110 valence electrons. The lowest BCUT2D eigenvalue weighted by molar-refractivity contribution is -0.385. The second kappa shape index (κ2) is 6.99. The molecule has 0 atom stereocenters. The van der Waals surface area contributed by atoms with Crippen molar-refractivity contribution in [2.24, 2.45) is 5.16 Å². The second-order valence-electron chi connectivity index (χ2n) is 4.58. The highest BCUT2D eigenvalue weighted by atomic mass is 16.6. The Morgan fingerprint density at radius 1 is 1.36 bits per heavy atom. The van der Waals surface area contributed by atoms with E-state index in [1.54, 1.807) is 37.3 Å². The normalized spacial score (nSPS) is 10.4. The number of hydrogen-bond donors (Lipinski definition) is 0. The Hall–Kier alpha value is -3.20. The van der Waals surface area contributed by atoms with Gasteiger partial charge in [-0.05, 0) is 13.0 Å². The van der Waals surface area contributed by atoms with E-state index in [9.17, 15) is 10.1 Å². The van der Waals surface area contributed by atoms with Gasteiger partial charge in [0.1, 0.15) is 6.61 Å². The van der Waals surface area contributed by atoms with E-state index in [2.05, 4.69) is 11.2 Å². The van der Waals surface area contributed by atoms with Crippen LogP contribution in [0.25, 0.3) is 0 Å². The van der Waals surface area contributed by atoms with E-state index in [4.69, 9.17) is 10.1 Å². The molecule has 6 heteroatoms. The molecule has 0 heterocycles. The van der Waals surface area contributed by atoms with Gasteiger partial charge >= 0.3 is 0 Å². The van der Waals surface area contributed by atoms with E-state index in [0.717, 1.165) is 5.56 Å². The first-order valence-corrected chi connectivity index (χ1v) is 6.50. The molecular formula is C16H13N3O3. The lowest BCUT2D eigenvalue weighted by Crippen LogP contribution is -1.94. The Labute approximate surface area is 127 Å². The monoisotopic (exact) mass is 295 g/mol. The van der Waals surface area contributed by atoms with E-state index in [1.165, 1.54) is 12.3 Å². The molecule has 0 aliphatic rings. The molecule has 0 spiro atoms. The van der Waals surface area contributed by atoms with E-state index >= 15 is 0 Å². The maximum Gasteiger partial charge on any atom is 0.272 e. The van der Waals surface area contributed by atoms with Crippen molar-refractivity contribution in [1.29, 1.82) is 5.26 Å². The van der Waals surface area contributed by atoms with Gasteiger partial charge < -0.3 is 4.84 Å². The Morgan fingerprint density at radius 3 is 2.86 bits per heavy atom. The number of aryl methyl sites for hydroxylation is 1. The van der Waals surface area contributed by atoms with Crippen LogP contribution in [0.4, 0.5) is 5.69 Å². The Balaban J connectivity index is 2.03. The van der Waals surface area contributed by atoms with Gasteiger partial charge in [0.2, 0.25) is 0 Å². The molecule has 2 aromatic carbocycles. The molecule has 0 aliphatic heterocycles. The van der Waals surface area contributed by atoms with Crippen molar-refractivity contribution >= 4 is 11.9 Å². The smallest absolute Gasteiger partial charge is 0.272 e. The van der Waals surface area contributed by atoms with Gasteiger partial charge in [0.05, 0.1) is 22.8 Å². The second-order valence-corrected chi connectivity index (χ2v) is 4.58. The van der Waals surface area contributed by atoms with Crippen LogP contribution >= 0.6 is 0 Å². The lowest BCUT2D eigenvalue weighted by Gasteiger charge is -2.02. The third-order valence-electron chi connectivity index (χ3n) is 3.06. The molecular weight excluding hydrogens is 282 g/mol. The van der Waals surface area contributed by atoms with Crippen LogP contribution in [0.15, 0.2) is 47.6 Å². The highest BCUT2D eigenvalue weighted by Crippen LogP contribution is 2.18. The van der Waals surface area contributed by atoms with Gasteiger partial charge in [0.25, 0.3) is 5.69 Å². The van der Waals surface area contributed by atoms with Crippen LogP contribution in [0.1, 0.15) is 22.3 Å². The number of nitro groups is 1. The maximum atomic E-state index is 10.9. The highest BCUT2D eigenvalue weighted by Gasteiger charge is 2.09. The summed E-state index contributed by atoms with van der Waals surface area (Å²) in [6.07, 6.45) is 1.40. The topological polar surface area (TPSA) is 88.5 Å². The van der Waals surface area contributed by atoms with Gasteiger partial charge in [0, 0.05) is 22.8 Å². The van der Waals surface area contributed by atoms with E-state index in [1.807, 2.05) is 6.07 Å². The van der Waals surface area contributed by atoms with Gasteiger partial charge in [0.15, 0.2) is 0 Å². The number of nitriles is 1. The lowest BCUT2D eigenvalue weighted by atomic mass is 10.1. The average Bonchev–Trinajstić information content (AvgIpc) is 2.53. The number of rotatable bonds is 5. The van der Waals surface area contributed by atoms with Crippen molar-refractivity contribution in [2.45, 2.75) is 13.5 Å². The SMILES string of the molecule is Cc1ccc(/C=N\OCc2ccccc2C#N)cc1[N+](=O)[O-]. The minimum absolute atomic E-state index is 0.0405. The molecule has 22 heavy (non-hydrogen) atoms. The van der Waals surface area contributed by atoms with Gasteiger partial charge in [-0.2, -0.15) is 5.26 Å². The standard InChI is InChI=1S/C16H13N3O3/c1-12-6-7-13(8-16(12)19(20)21)10-18-22-11-15-5-3-2-4-14(15)9-17/h2-8,10H,11H2,1H3/b18-10-. The summed E-state index contributed by atoms with van der Waals surface area (Å²) in [4.78, 5) is 15.6. The summed E-state index contributed by atoms with van der Waals surface area (Å²) in [7, 11) is 0. The van der Waals surface area contributed by atoms with Crippen molar-refractivity contribution in [3.63, 3.8) is 0 Å². The van der Waals surface area contributed by atoms with Gasteiger partial charge in [-0.1, -0.05) is 35.5 Å². The summed E-state index contributed by atoms with van der Waals surface area (Å²) < 4.78 is 0. The zero-order chi connectivity index (χ0) is 15.9. The highest BCUT2D eigenvalue weighted by molar-refractivity contribution is 5.80. The molecule has 2 aromatic rings. The van der Waals surface area contributed by atoms with E-state index < -0.39 is 4.92 Å². The molecule has 0 fully saturated rings. The van der Waals surface area contributed by atoms with Crippen LogP contribution < -0.4 is 0 Å². The Bertz CT molecular complexity index is 763. The van der Waals surface area contributed by atoms with E-state index in [-0.39, 0.29) is 12.3 Å². The Kier molecular flexibility index (Phi) is 4.83. The molecule has 0 radical (unpaired) electrons. The van der Waals surface area contributed by atoms with Gasteiger partial charge in [-0.3, -0.25) is 10.1 Å². The summed E-state index contributed by atoms with van der Waals surface area (Å²) in [6.45, 7) is 1.84. The fourth-order valence-corrected chi connectivity index (χ4v) is 1.86. The van der Waals surface area contributed by atoms with Crippen LogP contribution in [0.5, 0.6) is 0 Å². The maximum absolute atomic E-state index is 10.9. The number of benzene rings is 2. The summed E-state index contributed by atoms with van der Waals surface area (Å²) in [5, 5.41) is 23.6. The molecule has 0 bridgehead atoms. The minimum Gasteiger partial charge on any atom is -0.391 e. The molecule has 0 unspecified atom stereocenters. The number of nitrogens with zero attached hydrogens (tertiary/aromatic N) is 3. The summed E-state index contributed by atoms with van der Waals surface area (Å²) in [6, 6.07) is 14.0. The molecule has 2 rings (SSSR count). The van der Waals surface area contributed by atoms with Crippen molar-refractivity contribution in [3.05, 3.63) is 74.8 Å². The van der Waals surface area contributed by atoms with Crippen molar-refractivity contribution in [1.82, 2.24) is 0 Å². The molecule has 0 amide bonds. The number of nitro benzene ring substituents is 1. The first-order chi connectivity index (χ1) is 10.6. The molecule has 0 N–H and O–H groups in total. The zero-order valence-corrected chi connectivity index (χ0v) is 11.9. The molecule has 0 aliphatic carbocycles. The van der Waals surface area contributed by atoms with Crippen LogP contribution in [-0.2, 0) is 11.4 Å². The predicted octanol–water partition coefficient (Wildman–Crippen LogP) is 3.33. The third-order valence-corrected chi connectivity index (χ3v) is 3.06. The Morgan fingerprint density at radius 2 is 2.14 bits per heavy atom. The summed E-state index contributed by atoms with van der Waals surface area (Å²) >= 11 is 0. The van der Waals surface area contributed by atoms with Crippen molar-refractivity contribution in [3.8, 4) is 6.07 Å².